The van der Waals surface area contributed by atoms with Crippen molar-refractivity contribution in [3.63, 3.8) is 0 Å². The normalized spacial score (nSPS) is 13.5. The molecule has 0 N–H and O–H groups in total. The molecule has 2 aromatic rings. The average molecular weight is 341 g/mol. The molecule has 2 aromatic carbocycles. The Kier molecular flexibility index (Phi) is 6.14. The fourth-order valence-electron chi connectivity index (χ4n) is 3.35. The predicted molar refractivity (Wildman–Crippen MR) is 103 cm³/mol. The van der Waals surface area contributed by atoms with Gasteiger partial charge in [0.15, 0.2) is 0 Å². The summed E-state index contributed by atoms with van der Waals surface area (Å²) >= 11 is 0. The van der Waals surface area contributed by atoms with Crippen LogP contribution in [0.2, 0.25) is 5.04 Å². The van der Waals surface area contributed by atoms with Crippen molar-refractivity contribution in [3.8, 4) is 0 Å². The molecule has 3 heteroatoms. The molecule has 1 atom stereocenters. The molecule has 0 aromatic heterocycles. The van der Waals surface area contributed by atoms with Crippen LogP contribution in [0.1, 0.15) is 40.5 Å². The van der Waals surface area contributed by atoms with Gasteiger partial charge in [0.1, 0.15) is 6.29 Å². The van der Waals surface area contributed by atoms with Crippen molar-refractivity contribution >= 4 is 25.0 Å². The average Bonchev–Trinajstić information content (AvgIpc) is 2.58. The van der Waals surface area contributed by atoms with Crippen LogP contribution in [0, 0.1) is 0 Å². The molecule has 0 aliphatic heterocycles. The van der Waals surface area contributed by atoms with E-state index < -0.39 is 8.32 Å². The highest BCUT2D eigenvalue weighted by atomic mass is 28.4. The summed E-state index contributed by atoms with van der Waals surface area (Å²) in [6.07, 6.45) is 2.32. The first-order valence-corrected chi connectivity index (χ1v) is 10.5. The maximum atomic E-state index is 10.8. The van der Waals surface area contributed by atoms with Gasteiger partial charge in [-0.3, -0.25) is 0 Å². The monoisotopic (exact) mass is 340 g/mol. The van der Waals surface area contributed by atoms with Crippen LogP contribution in [0.15, 0.2) is 60.7 Å². The summed E-state index contributed by atoms with van der Waals surface area (Å²) < 4.78 is 6.86. The van der Waals surface area contributed by atoms with Crippen LogP contribution in [0.25, 0.3) is 0 Å². The van der Waals surface area contributed by atoms with Gasteiger partial charge in [-0.15, -0.1) is 0 Å². The fourth-order valence-corrected chi connectivity index (χ4v) is 8.09. The number of hydrogen-bond donors (Lipinski definition) is 0. The first-order chi connectivity index (χ1) is 11.4. The summed E-state index contributed by atoms with van der Waals surface area (Å²) in [4.78, 5) is 10.8. The summed E-state index contributed by atoms with van der Waals surface area (Å²) in [7, 11) is -2.48. The molecule has 2 nitrogen and oxygen atoms in total. The summed E-state index contributed by atoms with van der Waals surface area (Å²) in [5.74, 6) is 0. The lowest BCUT2D eigenvalue weighted by atomic mass is 10.2. The molecular weight excluding hydrogens is 312 g/mol. The Morgan fingerprint density at radius 1 is 0.958 bits per heavy atom. The van der Waals surface area contributed by atoms with Crippen LogP contribution >= 0.6 is 0 Å². The maximum Gasteiger partial charge on any atom is 0.261 e. The van der Waals surface area contributed by atoms with Gasteiger partial charge in [0, 0.05) is 12.5 Å². The smallest absolute Gasteiger partial charge is 0.261 e. The number of benzene rings is 2. The number of hydrogen-bond acceptors (Lipinski definition) is 2. The molecule has 2 rings (SSSR count). The first-order valence-electron chi connectivity index (χ1n) is 8.64. The number of carbonyl (C=O) groups excluding carboxylic acids is 1. The summed E-state index contributed by atoms with van der Waals surface area (Å²) in [6.45, 7) is 8.89. The minimum absolute atomic E-state index is 0.0227. The second-order valence-electron chi connectivity index (χ2n) is 7.34. The van der Waals surface area contributed by atoms with Crippen molar-refractivity contribution in [2.45, 2.75) is 51.7 Å². The fraction of sp³-hybridized carbons (Fsp3) is 0.381. The van der Waals surface area contributed by atoms with Crippen molar-refractivity contribution in [1.82, 2.24) is 0 Å². The highest BCUT2D eigenvalue weighted by molar-refractivity contribution is 6.99. The molecule has 0 bridgehead atoms. The second-order valence-corrected chi connectivity index (χ2v) is 11.6. The predicted octanol–water partition coefficient (Wildman–Crippen LogP) is 3.93. The van der Waals surface area contributed by atoms with Gasteiger partial charge in [0.2, 0.25) is 0 Å². The van der Waals surface area contributed by atoms with E-state index in [0.717, 1.165) is 12.7 Å². The van der Waals surface area contributed by atoms with Gasteiger partial charge < -0.3 is 9.22 Å². The van der Waals surface area contributed by atoms with E-state index in [9.17, 15) is 4.79 Å². The highest BCUT2D eigenvalue weighted by Crippen LogP contribution is 2.37. The van der Waals surface area contributed by atoms with Gasteiger partial charge >= 0.3 is 0 Å². The van der Waals surface area contributed by atoms with Crippen LogP contribution < -0.4 is 10.4 Å². The van der Waals surface area contributed by atoms with E-state index in [4.69, 9.17) is 4.43 Å². The minimum Gasteiger partial charge on any atom is -0.405 e. The van der Waals surface area contributed by atoms with Gasteiger partial charge in [-0.1, -0.05) is 81.4 Å². The van der Waals surface area contributed by atoms with Crippen LogP contribution in [-0.4, -0.2) is 20.7 Å². The minimum atomic E-state index is -2.48. The molecule has 0 aliphatic rings. The van der Waals surface area contributed by atoms with Crippen LogP contribution in [0.3, 0.4) is 0 Å². The first kappa shape index (κ1) is 18.6. The zero-order chi connectivity index (χ0) is 17.6. The third kappa shape index (κ3) is 3.85. The SMILES string of the molecule is C[C@H](CCC=O)O[Si](c1ccccc1)(c1ccccc1)C(C)(C)C. The van der Waals surface area contributed by atoms with E-state index in [2.05, 4.69) is 76.2 Å². The molecular formula is C21H28O2Si. The van der Waals surface area contributed by atoms with Crippen molar-refractivity contribution in [3.05, 3.63) is 60.7 Å². The zero-order valence-electron chi connectivity index (χ0n) is 15.2. The van der Waals surface area contributed by atoms with E-state index in [1.165, 1.54) is 10.4 Å². The van der Waals surface area contributed by atoms with Gasteiger partial charge in [-0.25, -0.2) is 0 Å². The molecule has 0 saturated carbocycles. The van der Waals surface area contributed by atoms with E-state index >= 15 is 0 Å². The van der Waals surface area contributed by atoms with Crippen molar-refractivity contribution in [1.29, 1.82) is 0 Å². The largest absolute Gasteiger partial charge is 0.405 e. The maximum absolute atomic E-state index is 10.8. The summed E-state index contributed by atoms with van der Waals surface area (Å²) in [6, 6.07) is 21.2. The lowest BCUT2D eigenvalue weighted by Gasteiger charge is -2.44. The summed E-state index contributed by atoms with van der Waals surface area (Å²) in [5, 5.41) is 2.54. The molecule has 128 valence electrons. The molecule has 0 radical (unpaired) electrons. The zero-order valence-corrected chi connectivity index (χ0v) is 16.2. The number of carbonyl (C=O) groups is 1. The molecule has 0 heterocycles. The summed E-state index contributed by atoms with van der Waals surface area (Å²) in [5.41, 5.74) is 0. The molecule has 0 amide bonds. The van der Waals surface area contributed by atoms with Crippen molar-refractivity contribution in [2.24, 2.45) is 0 Å². The van der Waals surface area contributed by atoms with E-state index in [1.54, 1.807) is 0 Å². The van der Waals surface area contributed by atoms with Crippen LogP contribution in [0.5, 0.6) is 0 Å². The Morgan fingerprint density at radius 2 is 1.42 bits per heavy atom. The Hall–Kier alpha value is -1.71. The third-order valence-corrected chi connectivity index (χ3v) is 9.65. The molecule has 0 fully saturated rings. The van der Waals surface area contributed by atoms with E-state index in [-0.39, 0.29) is 11.1 Å². The molecule has 24 heavy (non-hydrogen) atoms. The lowest BCUT2D eigenvalue weighted by molar-refractivity contribution is -0.108. The van der Waals surface area contributed by atoms with Crippen LogP contribution in [0.4, 0.5) is 0 Å². The Bertz CT molecular complexity index is 592. The van der Waals surface area contributed by atoms with Crippen LogP contribution in [-0.2, 0) is 9.22 Å². The second kappa shape index (κ2) is 7.91. The molecule has 0 unspecified atom stereocenters. The van der Waals surface area contributed by atoms with Crippen molar-refractivity contribution in [2.75, 3.05) is 0 Å². The topological polar surface area (TPSA) is 26.3 Å². The Labute approximate surface area is 147 Å². The Morgan fingerprint density at radius 3 is 1.79 bits per heavy atom. The lowest BCUT2D eigenvalue weighted by Crippen LogP contribution is -2.67. The van der Waals surface area contributed by atoms with Gasteiger partial charge in [-0.05, 0) is 28.8 Å². The molecule has 0 spiro atoms. The quantitative estimate of drug-likeness (QED) is 0.564. The highest BCUT2D eigenvalue weighted by Gasteiger charge is 2.50. The third-order valence-electron chi connectivity index (χ3n) is 4.49. The van der Waals surface area contributed by atoms with Gasteiger partial charge in [0.25, 0.3) is 8.32 Å². The molecule has 0 aliphatic carbocycles. The van der Waals surface area contributed by atoms with Gasteiger partial charge in [-0.2, -0.15) is 0 Å². The number of aldehydes is 1. The van der Waals surface area contributed by atoms with Crippen molar-refractivity contribution < 1.29 is 9.22 Å². The molecule has 0 saturated heterocycles. The van der Waals surface area contributed by atoms with Gasteiger partial charge in [0.05, 0.1) is 0 Å². The number of rotatable bonds is 7. The Balaban J connectivity index is 2.59. The van der Waals surface area contributed by atoms with E-state index in [0.29, 0.717) is 6.42 Å². The standard InChI is InChI=1S/C21H28O2Si/c1-18(12-11-17-22)23-24(21(2,3)4,19-13-7-5-8-14-19)20-15-9-6-10-16-20/h5-10,13-18H,11-12H2,1-4H3/t18-/m1/s1. The van der Waals surface area contributed by atoms with E-state index in [1.807, 2.05) is 12.1 Å².